The molecule has 0 aliphatic heterocycles. The number of halogens is 2. The van der Waals surface area contributed by atoms with Crippen LogP contribution in [0.5, 0.6) is 0 Å². The van der Waals surface area contributed by atoms with Crippen LogP contribution in [0.2, 0.25) is 10.0 Å². The predicted octanol–water partition coefficient (Wildman–Crippen LogP) is 5.17. The summed E-state index contributed by atoms with van der Waals surface area (Å²) in [5.41, 5.74) is 2.43. The second-order valence-corrected chi connectivity index (χ2v) is 5.11. The molecule has 0 spiro atoms. The van der Waals surface area contributed by atoms with Crippen molar-refractivity contribution in [2.75, 3.05) is 0 Å². The summed E-state index contributed by atoms with van der Waals surface area (Å²) in [4.78, 5) is 3.98. The zero-order chi connectivity index (χ0) is 14.4. The maximum atomic E-state index is 5.55. The number of aromatic nitrogens is 2. The molecule has 0 atom stereocenters. The van der Waals surface area contributed by atoms with E-state index in [2.05, 4.69) is 36.2 Å². The molecule has 0 fully saturated rings. The van der Waals surface area contributed by atoms with Crippen molar-refractivity contribution in [3.63, 3.8) is 0 Å². The van der Waals surface area contributed by atoms with Crippen molar-refractivity contribution in [3.05, 3.63) is 82.9 Å². The second-order valence-electron chi connectivity index (χ2n) is 4.24. The molecule has 2 nitrogen and oxygen atoms in total. The van der Waals surface area contributed by atoms with E-state index in [9.17, 15) is 0 Å². The molecule has 3 rings (SSSR count). The molecule has 20 heavy (non-hydrogen) atoms. The average molecular weight is 305 g/mol. The van der Waals surface area contributed by atoms with Crippen molar-refractivity contribution in [3.8, 4) is 5.69 Å². The molecule has 102 valence electrons. The third kappa shape index (κ3) is 4.41. The quantitative estimate of drug-likeness (QED) is 0.606. The van der Waals surface area contributed by atoms with Crippen LogP contribution in [0.1, 0.15) is 5.56 Å². The number of hydrogen-bond donors (Lipinski definition) is 0. The molecule has 1 heterocycles. The fourth-order valence-corrected chi connectivity index (χ4v) is 1.81. The van der Waals surface area contributed by atoms with Gasteiger partial charge in [0.2, 0.25) is 0 Å². The van der Waals surface area contributed by atoms with Gasteiger partial charge in [-0.05, 0) is 43.3 Å². The van der Waals surface area contributed by atoms with Crippen LogP contribution in [0.25, 0.3) is 5.69 Å². The predicted molar refractivity (Wildman–Crippen MR) is 84.8 cm³/mol. The number of hydrogen-bond acceptors (Lipinski definition) is 1. The molecular weight excluding hydrogens is 291 g/mol. The van der Waals surface area contributed by atoms with Crippen LogP contribution in [0.15, 0.2) is 67.3 Å². The summed E-state index contributed by atoms with van der Waals surface area (Å²) in [6.07, 6.45) is 5.51. The topological polar surface area (TPSA) is 17.8 Å². The molecule has 0 unspecified atom stereocenters. The molecule has 0 radical (unpaired) electrons. The van der Waals surface area contributed by atoms with Gasteiger partial charge in [0.1, 0.15) is 0 Å². The second kappa shape index (κ2) is 7.13. The van der Waals surface area contributed by atoms with Crippen LogP contribution < -0.4 is 0 Å². The Morgan fingerprint density at radius 2 is 1.40 bits per heavy atom. The lowest BCUT2D eigenvalue weighted by molar-refractivity contribution is 1.06. The first-order chi connectivity index (χ1) is 9.65. The monoisotopic (exact) mass is 304 g/mol. The van der Waals surface area contributed by atoms with Gasteiger partial charge in [0, 0.05) is 28.1 Å². The first-order valence-electron chi connectivity index (χ1n) is 6.11. The summed E-state index contributed by atoms with van der Waals surface area (Å²) in [5, 5.41) is 1.43. The van der Waals surface area contributed by atoms with E-state index in [0.717, 1.165) is 15.7 Å². The van der Waals surface area contributed by atoms with Crippen LogP contribution in [0.3, 0.4) is 0 Å². The van der Waals surface area contributed by atoms with Gasteiger partial charge >= 0.3 is 0 Å². The summed E-state index contributed by atoms with van der Waals surface area (Å²) in [6, 6.07) is 15.4. The Morgan fingerprint density at radius 1 is 0.850 bits per heavy atom. The molecule has 1 aromatic heterocycles. The first kappa shape index (κ1) is 14.6. The van der Waals surface area contributed by atoms with Crippen LogP contribution in [0, 0.1) is 6.92 Å². The number of aryl methyl sites for hydroxylation is 1. The van der Waals surface area contributed by atoms with E-state index < -0.39 is 0 Å². The number of nitrogens with zero attached hydrogens (tertiary/aromatic N) is 2. The van der Waals surface area contributed by atoms with Crippen molar-refractivity contribution in [1.82, 2.24) is 9.55 Å². The maximum absolute atomic E-state index is 5.55. The molecule has 0 amide bonds. The third-order valence-electron chi connectivity index (χ3n) is 2.64. The molecule has 0 aliphatic carbocycles. The molecule has 0 bridgehead atoms. The minimum absolute atomic E-state index is 0.717. The van der Waals surface area contributed by atoms with Gasteiger partial charge in [-0.25, -0.2) is 4.98 Å². The van der Waals surface area contributed by atoms with E-state index >= 15 is 0 Å². The van der Waals surface area contributed by atoms with Crippen molar-refractivity contribution >= 4 is 23.2 Å². The lowest BCUT2D eigenvalue weighted by atomic mass is 10.2. The van der Waals surface area contributed by atoms with Crippen LogP contribution in [-0.4, -0.2) is 9.55 Å². The van der Waals surface area contributed by atoms with Crippen molar-refractivity contribution in [2.45, 2.75) is 6.92 Å². The van der Waals surface area contributed by atoms with E-state index in [4.69, 9.17) is 23.2 Å². The van der Waals surface area contributed by atoms with Gasteiger partial charge in [0.15, 0.2) is 0 Å². The SMILES string of the molecule is Cc1ccc(-n2ccnc2)cc1.Clc1ccc(Cl)cc1. The van der Waals surface area contributed by atoms with Gasteiger partial charge in [-0.3, -0.25) is 0 Å². The van der Waals surface area contributed by atoms with Crippen molar-refractivity contribution in [2.24, 2.45) is 0 Å². The van der Waals surface area contributed by atoms with E-state index in [1.165, 1.54) is 5.56 Å². The zero-order valence-electron chi connectivity index (χ0n) is 11.0. The summed E-state index contributed by atoms with van der Waals surface area (Å²) < 4.78 is 1.99. The highest BCUT2D eigenvalue weighted by Gasteiger charge is 1.92. The van der Waals surface area contributed by atoms with Gasteiger partial charge in [0.25, 0.3) is 0 Å². The van der Waals surface area contributed by atoms with Gasteiger partial charge in [-0.2, -0.15) is 0 Å². The minimum atomic E-state index is 0.717. The van der Waals surface area contributed by atoms with Crippen LogP contribution >= 0.6 is 23.2 Å². The Hall–Kier alpha value is -1.77. The normalized spacial score (nSPS) is 9.75. The maximum Gasteiger partial charge on any atom is 0.0991 e. The Labute approximate surface area is 128 Å². The average Bonchev–Trinajstić information content (AvgIpc) is 2.98. The molecule has 2 aromatic carbocycles. The molecule has 0 saturated heterocycles. The van der Waals surface area contributed by atoms with Crippen LogP contribution in [-0.2, 0) is 0 Å². The van der Waals surface area contributed by atoms with Gasteiger partial charge in [-0.1, -0.05) is 40.9 Å². The number of rotatable bonds is 1. The zero-order valence-corrected chi connectivity index (χ0v) is 12.5. The molecule has 0 N–H and O–H groups in total. The highest BCUT2D eigenvalue weighted by Crippen LogP contribution is 2.12. The lowest BCUT2D eigenvalue weighted by Gasteiger charge is -2.00. The largest absolute Gasteiger partial charge is 0.306 e. The number of imidazole rings is 1. The first-order valence-corrected chi connectivity index (χ1v) is 6.87. The van der Waals surface area contributed by atoms with Gasteiger partial charge in [-0.15, -0.1) is 0 Å². The Kier molecular flexibility index (Phi) is 5.22. The van der Waals surface area contributed by atoms with Gasteiger partial charge in [0.05, 0.1) is 6.33 Å². The highest BCUT2D eigenvalue weighted by molar-refractivity contribution is 6.32. The van der Waals surface area contributed by atoms with E-state index in [1.807, 2.05) is 10.8 Å². The lowest BCUT2D eigenvalue weighted by Crippen LogP contribution is -1.88. The minimum Gasteiger partial charge on any atom is -0.306 e. The third-order valence-corrected chi connectivity index (χ3v) is 3.14. The Bertz CT molecular complexity index is 608. The van der Waals surface area contributed by atoms with Gasteiger partial charge < -0.3 is 4.57 Å². The summed E-state index contributed by atoms with van der Waals surface area (Å²) in [5.74, 6) is 0. The summed E-state index contributed by atoms with van der Waals surface area (Å²) in [7, 11) is 0. The van der Waals surface area contributed by atoms with E-state index in [0.29, 0.717) is 0 Å². The number of benzene rings is 2. The standard InChI is InChI=1S/C10H10N2.C6H4Cl2/c1-9-2-4-10(5-3-9)12-7-6-11-8-12;7-5-1-2-6(8)4-3-5/h2-8H,1H3;1-4H. The summed E-state index contributed by atoms with van der Waals surface area (Å²) >= 11 is 11.1. The van der Waals surface area contributed by atoms with Crippen LogP contribution in [0.4, 0.5) is 0 Å². The molecule has 0 saturated carbocycles. The van der Waals surface area contributed by atoms with E-state index in [-0.39, 0.29) is 0 Å². The Morgan fingerprint density at radius 3 is 1.85 bits per heavy atom. The fourth-order valence-electron chi connectivity index (χ4n) is 1.56. The summed E-state index contributed by atoms with van der Waals surface area (Å²) in [6.45, 7) is 2.08. The van der Waals surface area contributed by atoms with Crippen molar-refractivity contribution < 1.29 is 0 Å². The molecular formula is C16H14Cl2N2. The van der Waals surface area contributed by atoms with E-state index in [1.54, 1.807) is 36.8 Å². The molecule has 0 aliphatic rings. The molecule has 3 aromatic rings. The highest BCUT2D eigenvalue weighted by atomic mass is 35.5. The fraction of sp³-hybridized carbons (Fsp3) is 0.0625. The smallest absolute Gasteiger partial charge is 0.0991 e. The van der Waals surface area contributed by atoms with Crippen molar-refractivity contribution in [1.29, 1.82) is 0 Å². The molecule has 4 heteroatoms. The Balaban J connectivity index is 0.000000160.